The van der Waals surface area contributed by atoms with Crippen molar-refractivity contribution in [3.63, 3.8) is 0 Å². The van der Waals surface area contributed by atoms with E-state index in [9.17, 15) is 0 Å². The topological polar surface area (TPSA) is 37.4 Å². The minimum Gasteiger partial charge on any atom is -0.371 e. The number of nitrogens with zero attached hydrogens (tertiary/aromatic N) is 2. The minimum absolute atomic E-state index is 0.372. The van der Waals surface area contributed by atoms with Gasteiger partial charge >= 0.3 is 0 Å². The van der Waals surface area contributed by atoms with Crippen molar-refractivity contribution in [3.05, 3.63) is 29.6 Å². The van der Waals surface area contributed by atoms with Gasteiger partial charge in [-0.05, 0) is 25.5 Å². The van der Waals surface area contributed by atoms with Gasteiger partial charge in [0.05, 0.1) is 18.4 Å². The molecule has 0 amide bonds. The molecule has 1 aromatic rings. The van der Waals surface area contributed by atoms with Gasteiger partial charge < -0.3 is 10.1 Å². The Labute approximate surface area is 108 Å². The van der Waals surface area contributed by atoms with Gasteiger partial charge in [-0.3, -0.25) is 9.88 Å². The van der Waals surface area contributed by atoms with E-state index in [1.807, 2.05) is 25.1 Å². The first-order valence-corrected chi connectivity index (χ1v) is 6.80. The molecule has 4 nitrogen and oxygen atoms in total. The summed E-state index contributed by atoms with van der Waals surface area (Å²) >= 11 is 0. The monoisotopic (exact) mass is 247 g/mol. The number of ether oxygens (including phenoxy) is 1. The van der Waals surface area contributed by atoms with Crippen LogP contribution in [0.3, 0.4) is 0 Å². The van der Waals surface area contributed by atoms with Crippen molar-refractivity contribution in [3.8, 4) is 0 Å². The van der Waals surface area contributed by atoms with Gasteiger partial charge in [0.25, 0.3) is 0 Å². The van der Waals surface area contributed by atoms with Crippen LogP contribution in [0.25, 0.3) is 0 Å². The summed E-state index contributed by atoms with van der Waals surface area (Å²) < 4.78 is 6.00. The number of nitrogens with one attached hydrogen (secondary N) is 1. The molecule has 2 aliphatic rings. The Morgan fingerprint density at radius 2 is 2.44 bits per heavy atom. The van der Waals surface area contributed by atoms with Gasteiger partial charge in [0, 0.05) is 37.9 Å². The third kappa shape index (κ3) is 2.71. The van der Waals surface area contributed by atoms with Crippen LogP contribution in [0.2, 0.25) is 0 Å². The van der Waals surface area contributed by atoms with Gasteiger partial charge in [-0.2, -0.15) is 0 Å². The van der Waals surface area contributed by atoms with Crippen molar-refractivity contribution in [1.29, 1.82) is 0 Å². The third-order valence-corrected chi connectivity index (χ3v) is 3.86. The molecule has 2 atom stereocenters. The van der Waals surface area contributed by atoms with Crippen molar-refractivity contribution >= 4 is 0 Å². The van der Waals surface area contributed by atoms with Crippen LogP contribution in [-0.4, -0.2) is 48.2 Å². The van der Waals surface area contributed by atoms with Crippen LogP contribution < -0.4 is 5.32 Å². The van der Waals surface area contributed by atoms with Gasteiger partial charge in [0.15, 0.2) is 0 Å². The normalized spacial score (nSPS) is 28.3. The number of piperazine rings is 1. The van der Waals surface area contributed by atoms with Gasteiger partial charge in [-0.15, -0.1) is 0 Å². The highest BCUT2D eigenvalue weighted by Gasteiger charge is 2.33. The van der Waals surface area contributed by atoms with E-state index in [1.54, 1.807) is 0 Å². The molecule has 3 rings (SSSR count). The molecule has 0 aromatic carbocycles. The van der Waals surface area contributed by atoms with Crippen LogP contribution in [0, 0.1) is 6.92 Å². The Kier molecular flexibility index (Phi) is 3.59. The molecule has 0 aliphatic carbocycles. The van der Waals surface area contributed by atoms with Crippen LogP contribution in [0.5, 0.6) is 0 Å². The summed E-state index contributed by atoms with van der Waals surface area (Å²) in [5.74, 6) is 0. The molecule has 3 heterocycles. The molecule has 2 saturated heterocycles. The summed E-state index contributed by atoms with van der Waals surface area (Å²) in [6.07, 6.45) is 1.52. The lowest BCUT2D eigenvalue weighted by Gasteiger charge is -2.29. The molecule has 2 fully saturated rings. The maximum absolute atomic E-state index is 6.00. The molecule has 0 saturated carbocycles. The van der Waals surface area contributed by atoms with Crippen LogP contribution in [0.1, 0.15) is 17.8 Å². The Bertz CT molecular complexity index is 396. The minimum atomic E-state index is 0.372. The summed E-state index contributed by atoms with van der Waals surface area (Å²) in [5.41, 5.74) is 2.10. The van der Waals surface area contributed by atoms with E-state index in [-0.39, 0.29) is 0 Å². The fraction of sp³-hybridized carbons (Fsp3) is 0.643. The quantitative estimate of drug-likeness (QED) is 0.863. The second kappa shape index (κ2) is 5.34. The largest absolute Gasteiger partial charge is 0.371 e. The molecular weight excluding hydrogens is 226 g/mol. The molecule has 1 N–H and O–H groups in total. The zero-order valence-corrected chi connectivity index (χ0v) is 10.9. The van der Waals surface area contributed by atoms with E-state index in [0.717, 1.165) is 44.0 Å². The van der Waals surface area contributed by atoms with E-state index in [4.69, 9.17) is 4.74 Å². The molecule has 98 valence electrons. The molecule has 4 heteroatoms. The van der Waals surface area contributed by atoms with Gasteiger partial charge in [0.1, 0.15) is 0 Å². The average molecular weight is 247 g/mol. The third-order valence-electron chi connectivity index (χ3n) is 3.86. The van der Waals surface area contributed by atoms with E-state index in [1.165, 1.54) is 0 Å². The second-order valence-electron chi connectivity index (χ2n) is 5.29. The maximum atomic E-state index is 6.00. The van der Waals surface area contributed by atoms with Crippen LogP contribution >= 0.6 is 0 Å². The molecule has 2 aliphatic heterocycles. The smallest absolute Gasteiger partial charge is 0.0892 e. The number of aromatic nitrogens is 1. The van der Waals surface area contributed by atoms with E-state index in [0.29, 0.717) is 18.8 Å². The standard InChI is InChI=1S/C14H21N3O/c1-11-3-2-4-12(16-11)10-18-14-7-13-8-15-5-6-17(13)9-14/h2-4,13-15H,5-10H2,1H3/t13-,14-/m0/s1. The van der Waals surface area contributed by atoms with Crippen LogP contribution in [0.15, 0.2) is 18.2 Å². The number of fused-ring (bicyclic) bond motifs is 1. The molecule has 0 unspecified atom stereocenters. The lowest BCUT2D eigenvalue weighted by molar-refractivity contribution is 0.0449. The van der Waals surface area contributed by atoms with Crippen molar-refractivity contribution in [2.75, 3.05) is 26.2 Å². The molecule has 18 heavy (non-hydrogen) atoms. The van der Waals surface area contributed by atoms with Crippen molar-refractivity contribution in [2.24, 2.45) is 0 Å². The Hall–Kier alpha value is -0.970. The first-order valence-electron chi connectivity index (χ1n) is 6.80. The average Bonchev–Trinajstić information content (AvgIpc) is 2.79. The highest BCUT2D eigenvalue weighted by molar-refractivity contribution is 5.09. The summed E-state index contributed by atoms with van der Waals surface area (Å²) in [6.45, 7) is 7.13. The Morgan fingerprint density at radius 3 is 3.28 bits per heavy atom. The van der Waals surface area contributed by atoms with Gasteiger partial charge in [0.2, 0.25) is 0 Å². The summed E-state index contributed by atoms with van der Waals surface area (Å²) in [5, 5.41) is 3.45. The van der Waals surface area contributed by atoms with E-state index >= 15 is 0 Å². The predicted molar refractivity (Wildman–Crippen MR) is 70.4 cm³/mol. The van der Waals surface area contributed by atoms with Gasteiger partial charge in [-0.1, -0.05) is 6.07 Å². The van der Waals surface area contributed by atoms with E-state index < -0.39 is 0 Å². The summed E-state index contributed by atoms with van der Waals surface area (Å²) in [4.78, 5) is 7.02. The SMILES string of the molecule is Cc1cccc(CO[C@H]2C[C@H]3CNCCN3C2)n1. The molecule has 0 radical (unpaired) electrons. The number of pyridine rings is 1. The first kappa shape index (κ1) is 12.1. The van der Waals surface area contributed by atoms with Crippen molar-refractivity contribution < 1.29 is 4.74 Å². The van der Waals surface area contributed by atoms with Crippen LogP contribution in [0.4, 0.5) is 0 Å². The van der Waals surface area contributed by atoms with Crippen LogP contribution in [-0.2, 0) is 11.3 Å². The summed E-state index contributed by atoms with van der Waals surface area (Å²) in [6, 6.07) is 6.78. The highest BCUT2D eigenvalue weighted by Crippen LogP contribution is 2.21. The molecule has 0 bridgehead atoms. The summed E-state index contributed by atoms with van der Waals surface area (Å²) in [7, 11) is 0. The number of hydrogen-bond donors (Lipinski definition) is 1. The Morgan fingerprint density at radius 1 is 1.50 bits per heavy atom. The van der Waals surface area contributed by atoms with E-state index in [2.05, 4.69) is 15.2 Å². The van der Waals surface area contributed by atoms with Crippen molar-refractivity contribution in [2.45, 2.75) is 32.1 Å². The number of aryl methyl sites for hydroxylation is 1. The number of rotatable bonds is 3. The molecule has 1 aromatic heterocycles. The zero-order valence-electron chi connectivity index (χ0n) is 10.9. The molecule has 0 spiro atoms. The zero-order chi connectivity index (χ0) is 12.4. The number of hydrogen-bond acceptors (Lipinski definition) is 4. The molecular formula is C14H21N3O. The predicted octanol–water partition coefficient (Wildman–Crippen LogP) is 0.953. The first-order chi connectivity index (χ1) is 8.81. The Balaban J connectivity index is 1.52. The lowest BCUT2D eigenvalue weighted by Crippen LogP contribution is -2.47. The maximum Gasteiger partial charge on any atom is 0.0892 e. The second-order valence-corrected chi connectivity index (χ2v) is 5.29. The fourth-order valence-electron chi connectivity index (χ4n) is 2.92. The fourth-order valence-corrected chi connectivity index (χ4v) is 2.92. The lowest BCUT2D eigenvalue weighted by atomic mass is 10.2. The highest BCUT2D eigenvalue weighted by atomic mass is 16.5. The van der Waals surface area contributed by atoms with Crippen molar-refractivity contribution in [1.82, 2.24) is 15.2 Å². The van der Waals surface area contributed by atoms with Gasteiger partial charge in [-0.25, -0.2) is 0 Å².